The van der Waals surface area contributed by atoms with Crippen molar-refractivity contribution in [2.24, 2.45) is 5.92 Å². The lowest BCUT2D eigenvalue weighted by atomic mass is 9.77. The zero-order chi connectivity index (χ0) is 25.0. The highest BCUT2D eigenvalue weighted by molar-refractivity contribution is 6.65. The molecule has 0 bridgehead atoms. The van der Waals surface area contributed by atoms with Crippen LogP contribution in [0.1, 0.15) is 97.0 Å². The largest absolute Gasteiger partial charge is 0.705 e. The number of rotatable bonds is 13. The molecule has 1 saturated carbocycles. The van der Waals surface area contributed by atoms with Crippen molar-refractivity contribution in [2.45, 2.75) is 97.4 Å². The number of carbonyl (C=O) groups is 3. The van der Waals surface area contributed by atoms with Gasteiger partial charge in [-0.05, 0) is 61.6 Å². The van der Waals surface area contributed by atoms with Crippen molar-refractivity contribution in [3.63, 3.8) is 0 Å². The van der Waals surface area contributed by atoms with Gasteiger partial charge in [-0.15, -0.1) is 0 Å². The van der Waals surface area contributed by atoms with Gasteiger partial charge in [-0.3, -0.25) is 14.4 Å². The Morgan fingerprint density at radius 1 is 0.824 bits per heavy atom. The van der Waals surface area contributed by atoms with Crippen molar-refractivity contribution in [2.75, 3.05) is 6.61 Å². The molecule has 0 unspecified atom stereocenters. The lowest BCUT2D eigenvalue weighted by Crippen LogP contribution is -2.49. The number of hydrogen-bond acceptors (Lipinski definition) is 7. The van der Waals surface area contributed by atoms with Gasteiger partial charge in [-0.2, -0.15) is 0 Å². The number of carbonyl (C=O) groups excluding carboxylic acids is 3. The second kappa shape index (κ2) is 14.1. The summed E-state index contributed by atoms with van der Waals surface area (Å²) in [4.78, 5) is 34.5. The quantitative estimate of drug-likeness (QED) is 0.249. The van der Waals surface area contributed by atoms with Crippen molar-refractivity contribution < 1.29 is 32.4 Å². The second-order valence-electron chi connectivity index (χ2n) is 9.20. The molecule has 8 heteroatoms. The zero-order valence-corrected chi connectivity index (χ0v) is 22.1. The summed E-state index contributed by atoms with van der Waals surface area (Å²) < 4.78 is 21.4. The summed E-state index contributed by atoms with van der Waals surface area (Å²) in [6, 6.07) is 8.36. The van der Waals surface area contributed by atoms with Crippen LogP contribution in [0.2, 0.25) is 6.04 Å². The Hall–Kier alpha value is -2.35. The van der Waals surface area contributed by atoms with Crippen LogP contribution in [-0.4, -0.2) is 33.3 Å². The molecule has 0 atom stereocenters. The predicted molar refractivity (Wildman–Crippen MR) is 131 cm³/mol. The van der Waals surface area contributed by atoms with Crippen LogP contribution in [0.25, 0.3) is 0 Å². The molecule has 0 spiro atoms. The molecule has 190 valence electrons. The van der Waals surface area contributed by atoms with Gasteiger partial charge in [0, 0.05) is 20.8 Å². The van der Waals surface area contributed by atoms with E-state index in [2.05, 4.69) is 19.1 Å². The average molecular weight is 493 g/mol. The first-order chi connectivity index (χ1) is 16.2. The normalized spacial score (nSPS) is 18.1. The molecule has 1 aliphatic carbocycles. The molecule has 1 aromatic carbocycles. The summed E-state index contributed by atoms with van der Waals surface area (Å²) in [6.07, 6.45) is 10.9. The number of ether oxygens (including phenoxy) is 1. The van der Waals surface area contributed by atoms with Gasteiger partial charge in [0.15, 0.2) is 0 Å². The van der Waals surface area contributed by atoms with E-state index >= 15 is 0 Å². The summed E-state index contributed by atoms with van der Waals surface area (Å²) in [6.45, 7) is 6.12. The van der Waals surface area contributed by atoms with E-state index < -0.39 is 26.7 Å². The molecule has 0 amide bonds. The molecule has 1 aliphatic rings. The molecular weight excluding hydrogens is 452 g/mol. The Morgan fingerprint density at radius 3 is 1.88 bits per heavy atom. The average Bonchev–Trinajstić information content (AvgIpc) is 2.76. The van der Waals surface area contributed by atoms with E-state index in [1.807, 2.05) is 12.1 Å². The summed E-state index contributed by atoms with van der Waals surface area (Å²) in [5.41, 5.74) is 1.37. The SMILES string of the molecule is CCCCCC1CCC(c2ccc(OCCC[Si](OC(C)=O)(OC(C)=O)OC(C)=O)cc2)CC1. The van der Waals surface area contributed by atoms with Crippen molar-refractivity contribution in [3.8, 4) is 5.75 Å². The molecule has 1 aromatic rings. The summed E-state index contributed by atoms with van der Waals surface area (Å²) in [5.74, 6) is 0.269. The van der Waals surface area contributed by atoms with Crippen LogP contribution in [0.4, 0.5) is 0 Å². The van der Waals surface area contributed by atoms with Crippen LogP contribution in [0, 0.1) is 5.92 Å². The molecule has 0 aliphatic heterocycles. The van der Waals surface area contributed by atoms with Crippen LogP contribution in [0.3, 0.4) is 0 Å². The smallest absolute Gasteiger partial charge is 0.494 e. The molecule has 2 rings (SSSR count). The van der Waals surface area contributed by atoms with Crippen LogP contribution < -0.4 is 4.74 Å². The third-order valence-corrected chi connectivity index (χ3v) is 8.97. The van der Waals surface area contributed by atoms with Crippen LogP contribution in [0.5, 0.6) is 5.75 Å². The minimum absolute atomic E-state index is 0.103. The Kier molecular flexibility index (Phi) is 11.6. The van der Waals surface area contributed by atoms with Gasteiger partial charge >= 0.3 is 8.80 Å². The third kappa shape index (κ3) is 9.87. The van der Waals surface area contributed by atoms with Gasteiger partial charge in [0.25, 0.3) is 17.9 Å². The fourth-order valence-corrected chi connectivity index (χ4v) is 6.98. The van der Waals surface area contributed by atoms with Gasteiger partial charge in [-0.25, -0.2) is 0 Å². The molecule has 0 radical (unpaired) electrons. The molecule has 34 heavy (non-hydrogen) atoms. The van der Waals surface area contributed by atoms with Gasteiger partial charge in [0.2, 0.25) is 0 Å². The minimum atomic E-state index is -3.80. The standard InChI is InChI=1S/C26H40O7Si/c1-5-6-7-9-23-10-12-24(13-11-23)25-14-16-26(17-15-25)30-18-8-19-34(31-20(2)27,32-21(3)28)33-22(4)29/h14-17,23-24H,5-13,18-19H2,1-4H3. The molecular formula is C26H40O7Si. The topological polar surface area (TPSA) is 88.1 Å². The summed E-state index contributed by atoms with van der Waals surface area (Å²) in [5, 5.41) is 0. The van der Waals surface area contributed by atoms with E-state index in [0.717, 1.165) is 11.7 Å². The van der Waals surface area contributed by atoms with Crippen LogP contribution >= 0.6 is 0 Å². The lowest BCUT2D eigenvalue weighted by molar-refractivity contribution is -0.147. The van der Waals surface area contributed by atoms with Crippen molar-refractivity contribution >= 4 is 26.7 Å². The number of hydrogen-bond donors (Lipinski definition) is 0. The molecule has 0 heterocycles. The van der Waals surface area contributed by atoms with E-state index in [9.17, 15) is 14.4 Å². The Bertz CT molecular complexity index is 744. The maximum Gasteiger partial charge on any atom is 0.705 e. The first kappa shape index (κ1) is 27.9. The van der Waals surface area contributed by atoms with Crippen LogP contribution in [0.15, 0.2) is 24.3 Å². The van der Waals surface area contributed by atoms with Gasteiger partial charge in [0.05, 0.1) is 12.7 Å². The summed E-state index contributed by atoms with van der Waals surface area (Å²) in [7, 11) is -3.80. The van der Waals surface area contributed by atoms with Crippen molar-refractivity contribution in [1.29, 1.82) is 0 Å². The Balaban J connectivity index is 1.82. The number of unbranched alkanes of at least 4 members (excludes halogenated alkanes) is 2. The fourth-order valence-electron chi connectivity index (χ4n) is 4.65. The van der Waals surface area contributed by atoms with E-state index in [1.165, 1.54) is 77.7 Å². The second-order valence-corrected chi connectivity index (χ2v) is 11.7. The monoisotopic (exact) mass is 492 g/mol. The van der Waals surface area contributed by atoms with Gasteiger partial charge in [0.1, 0.15) is 5.75 Å². The van der Waals surface area contributed by atoms with Crippen LogP contribution in [-0.2, 0) is 27.7 Å². The summed E-state index contributed by atoms with van der Waals surface area (Å²) >= 11 is 0. The van der Waals surface area contributed by atoms with Crippen molar-refractivity contribution in [1.82, 2.24) is 0 Å². The van der Waals surface area contributed by atoms with E-state index in [1.54, 1.807) is 0 Å². The first-order valence-electron chi connectivity index (χ1n) is 12.5. The lowest BCUT2D eigenvalue weighted by Gasteiger charge is -2.29. The molecule has 0 N–H and O–H groups in total. The Labute approximate surface area is 204 Å². The zero-order valence-electron chi connectivity index (χ0n) is 21.1. The maximum absolute atomic E-state index is 11.5. The highest BCUT2D eigenvalue weighted by Gasteiger charge is 2.51. The third-order valence-electron chi connectivity index (χ3n) is 6.21. The first-order valence-corrected chi connectivity index (χ1v) is 14.5. The highest BCUT2D eigenvalue weighted by atomic mass is 28.4. The maximum atomic E-state index is 11.5. The molecule has 1 fully saturated rings. The van der Waals surface area contributed by atoms with Crippen molar-refractivity contribution in [3.05, 3.63) is 29.8 Å². The molecule has 0 saturated heterocycles. The van der Waals surface area contributed by atoms with Gasteiger partial charge in [-0.1, -0.05) is 44.7 Å². The Morgan fingerprint density at radius 2 is 1.38 bits per heavy atom. The molecule has 7 nitrogen and oxygen atoms in total. The fraction of sp³-hybridized carbons (Fsp3) is 0.654. The minimum Gasteiger partial charge on any atom is -0.494 e. The van der Waals surface area contributed by atoms with Gasteiger partial charge < -0.3 is 18.0 Å². The predicted octanol–water partition coefficient (Wildman–Crippen LogP) is 5.94. The van der Waals surface area contributed by atoms with E-state index in [0.29, 0.717) is 18.9 Å². The van der Waals surface area contributed by atoms with E-state index in [-0.39, 0.29) is 6.04 Å². The molecule has 0 aromatic heterocycles. The van der Waals surface area contributed by atoms with E-state index in [4.69, 9.17) is 18.0 Å². The highest BCUT2D eigenvalue weighted by Crippen LogP contribution is 2.38. The number of benzene rings is 1.